The van der Waals surface area contributed by atoms with Gasteiger partial charge in [-0.2, -0.15) is 0 Å². The second kappa shape index (κ2) is 6.86. The standard InChI is InChI=1S/C12H16ClN3O2/c1-3-14-11(17)7-15-12(18)16-10-6-4-5-9(13)8(10)2/h4-6H,3,7H2,1-2H3,(H,14,17)(H2,15,16,18). The lowest BCUT2D eigenvalue weighted by Crippen LogP contribution is -2.38. The lowest BCUT2D eigenvalue weighted by molar-refractivity contribution is -0.119. The van der Waals surface area contributed by atoms with Crippen molar-refractivity contribution in [3.05, 3.63) is 28.8 Å². The third-order valence-electron chi connectivity index (χ3n) is 2.30. The number of hydrogen-bond donors (Lipinski definition) is 3. The number of benzene rings is 1. The second-order valence-electron chi connectivity index (χ2n) is 3.67. The third-order valence-corrected chi connectivity index (χ3v) is 2.71. The molecule has 1 aromatic carbocycles. The lowest BCUT2D eigenvalue weighted by atomic mass is 10.2. The molecule has 0 aliphatic heterocycles. The van der Waals surface area contributed by atoms with E-state index in [2.05, 4.69) is 16.0 Å². The molecule has 0 aliphatic rings. The highest BCUT2D eigenvalue weighted by Crippen LogP contribution is 2.22. The van der Waals surface area contributed by atoms with Gasteiger partial charge in [0.05, 0.1) is 6.54 Å². The van der Waals surface area contributed by atoms with Gasteiger partial charge in [-0.05, 0) is 31.5 Å². The zero-order chi connectivity index (χ0) is 13.5. The Morgan fingerprint density at radius 2 is 2.00 bits per heavy atom. The average Bonchev–Trinajstić information content (AvgIpc) is 2.33. The summed E-state index contributed by atoms with van der Waals surface area (Å²) in [6.07, 6.45) is 0. The summed E-state index contributed by atoms with van der Waals surface area (Å²) in [5.74, 6) is -0.226. The van der Waals surface area contributed by atoms with Crippen molar-refractivity contribution in [2.24, 2.45) is 0 Å². The van der Waals surface area contributed by atoms with Crippen LogP contribution in [0.2, 0.25) is 5.02 Å². The molecule has 3 amide bonds. The maximum Gasteiger partial charge on any atom is 0.319 e. The van der Waals surface area contributed by atoms with Crippen LogP contribution in [0.15, 0.2) is 18.2 Å². The molecular weight excluding hydrogens is 254 g/mol. The maximum absolute atomic E-state index is 11.5. The Morgan fingerprint density at radius 3 is 2.67 bits per heavy atom. The van der Waals surface area contributed by atoms with E-state index in [1.165, 1.54) is 0 Å². The van der Waals surface area contributed by atoms with Crippen molar-refractivity contribution in [3.63, 3.8) is 0 Å². The number of halogens is 1. The molecule has 0 atom stereocenters. The van der Waals surface area contributed by atoms with E-state index < -0.39 is 6.03 Å². The molecule has 1 aromatic rings. The molecule has 0 saturated carbocycles. The summed E-state index contributed by atoms with van der Waals surface area (Å²) >= 11 is 5.93. The van der Waals surface area contributed by atoms with Crippen LogP contribution in [0, 0.1) is 6.92 Å². The van der Waals surface area contributed by atoms with Crippen LogP contribution >= 0.6 is 11.6 Å². The predicted octanol–water partition coefficient (Wildman–Crippen LogP) is 1.91. The number of anilines is 1. The Balaban J connectivity index is 2.50. The summed E-state index contributed by atoms with van der Waals surface area (Å²) in [5.41, 5.74) is 1.41. The number of rotatable bonds is 4. The fraction of sp³-hybridized carbons (Fsp3) is 0.333. The van der Waals surface area contributed by atoms with Gasteiger partial charge >= 0.3 is 6.03 Å². The molecule has 0 bridgehead atoms. The molecule has 98 valence electrons. The molecular formula is C12H16ClN3O2. The molecule has 5 nitrogen and oxygen atoms in total. The number of likely N-dealkylation sites (N-methyl/N-ethyl adjacent to an activating group) is 1. The van der Waals surface area contributed by atoms with Crippen LogP contribution in [0.4, 0.5) is 10.5 Å². The molecule has 0 radical (unpaired) electrons. The molecule has 18 heavy (non-hydrogen) atoms. The molecule has 0 heterocycles. The van der Waals surface area contributed by atoms with Crippen molar-refractivity contribution in [1.29, 1.82) is 0 Å². The van der Waals surface area contributed by atoms with E-state index in [4.69, 9.17) is 11.6 Å². The van der Waals surface area contributed by atoms with E-state index in [1.54, 1.807) is 18.2 Å². The number of amides is 3. The quantitative estimate of drug-likeness (QED) is 0.781. The smallest absolute Gasteiger partial charge is 0.319 e. The highest BCUT2D eigenvalue weighted by atomic mass is 35.5. The summed E-state index contributed by atoms with van der Waals surface area (Å²) in [6.45, 7) is 4.10. The van der Waals surface area contributed by atoms with Crippen LogP contribution in [0.1, 0.15) is 12.5 Å². The Kier molecular flexibility index (Phi) is 5.45. The molecule has 0 saturated heterocycles. The molecule has 0 aromatic heterocycles. The molecule has 1 rings (SSSR count). The van der Waals surface area contributed by atoms with Gasteiger partial charge in [-0.3, -0.25) is 4.79 Å². The Labute approximate surface area is 111 Å². The predicted molar refractivity (Wildman–Crippen MR) is 71.9 cm³/mol. The van der Waals surface area contributed by atoms with E-state index in [9.17, 15) is 9.59 Å². The van der Waals surface area contributed by atoms with Gasteiger partial charge in [0.15, 0.2) is 0 Å². The van der Waals surface area contributed by atoms with Crippen molar-refractivity contribution in [2.75, 3.05) is 18.4 Å². The lowest BCUT2D eigenvalue weighted by Gasteiger charge is -2.10. The second-order valence-corrected chi connectivity index (χ2v) is 4.08. The fourth-order valence-electron chi connectivity index (χ4n) is 1.33. The van der Waals surface area contributed by atoms with Crippen LogP contribution in [0.3, 0.4) is 0 Å². The monoisotopic (exact) mass is 269 g/mol. The molecule has 6 heteroatoms. The summed E-state index contributed by atoms with van der Waals surface area (Å²) in [4.78, 5) is 22.7. The highest BCUT2D eigenvalue weighted by Gasteiger charge is 2.07. The van der Waals surface area contributed by atoms with Gasteiger partial charge in [0.25, 0.3) is 0 Å². The minimum Gasteiger partial charge on any atom is -0.355 e. The van der Waals surface area contributed by atoms with Gasteiger partial charge in [0.2, 0.25) is 5.91 Å². The van der Waals surface area contributed by atoms with Crippen LogP contribution < -0.4 is 16.0 Å². The largest absolute Gasteiger partial charge is 0.355 e. The topological polar surface area (TPSA) is 70.2 Å². The Hall–Kier alpha value is -1.75. The van der Waals surface area contributed by atoms with Crippen LogP contribution in [-0.4, -0.2) is 25.0 Å². The van der Waals surface area contributed by atoms with E-state index in [0.717, 1.165) is 5.56 Å². The van der Waals surface area contributed by atoms with Crippen molar-refractivity contribution in [2.45, 2.75) is 13.8 Å². The molecule has 0 spiro atoms. The number of carbonyl (C=O) groups excluding carboxylic acids is 2. The van der Waals surface area contributed by atoms with Crippen LogP contribution in [0.25, 0.3) is 0 Å². The van der Waals surface area contributed by atoms with E-state index in [1.807, 2.05) is 13.8 Å². The SMILES string of the molecule is CCNC(=O)CNC(=O)Nc1cccc(Cl)c1C. The third kappa shape index (κ3) is 4.25. The van der Waals surface area contributed by atoms with Gasteiger partial charge in [-0.15, -0.1) is 0 Å². The van der Waals surface area contributed by atoms with Gasteiger partial charge < -0.3 is 16.0 Å². The zero-order valence-electron chi connectivity index (χ0n) is 10.3. The van der Waals surface area contributed by atoms with Gasteiger partial charge in [0.1, 0.15) is 0 Å². The highest BCUT2D eigenvalue weighted by molar-refractivity contribution is 6.31. The van der Waals surface area contributed by atoms with Gasteiger partial charge in [0, 0.05) is 17.3 Å². The fourth-order valence-corrected chi connectivity index (χ4v) is 1.50. The number of carbonyl (C=O) groups is 2. The van der Waals surface area contributed by atoms with Crippen molar-refractivity contribution in [1.82, 2.24) is 10.6 Å². The van der Waals surface area contributed by atoms with Crippen molar-refractivity contribution >= 4 is 29.2 Å². The number of urea groups is 1. The summed E-state index contributed by atoms with van der Waals surface area (Å²) in [7, 11) is 0. The van der Waals surface area contributed by atoms with Crippen molar-refractivity contribution < 1.29 is 9.59 Å². The summed E-state index contributed by atoms with van der Waals surface area (Å²) in [5, 5.41) is 8.25. The minimum absolute atomic E-state index is 0.0563. The number of nitrogens with one attached hydrogen (secondary N) is 3. The van der Waals surface area contributed by atoms with Crippen molar-refractivity contribution in [3.8, 4) is 0 Å². The normalized spacial score (nSPS) is 9.72. The van der Waals surface area contributed by atoms with Crippen LogP contribution in [-0.2, 0) is 4.79 Å². The first-order chi connectivity index (χ1) is 8.54. The van der Waals surface area contributed by atoms with E-state index >= 15 is 0 Å². The van der Waals surface area contributed by atoms with Crippen LogP contribution in [0.5, 0.6) is 0 Å². The zero-order valence-corrected chi connectivity index (χ0v) is 11.1. The first-order valence-electron chi connectivity index (χ1n) is 5.61. The summed E-state index contributed by atoms with van der Waals surface area (Å²) < 4.78 is 0. The van der Waals surface area contributed by atoms with Gasteiger partial charge in [-0.1, -0.05) is 17.7 Å². The van der Waals surface area contributed by atoms with E-state index in [-0.39, 0.29) is 12.5 Å². The Bertz CT molecular complexity index is 449. The first-order valence-corrected chi connectivity index (χ1v) is 5.99. The van der Waals surface area contributed by atoms with E-state index in [0.29, 0.717) is 17.3 Å². The minimum atomic E-state index is -0.438. The molecule has 0 aliphatic carbocycles. The van der Waals surface area contributed by atoms with Gasteiger partial charge in [-0.25, -0.2) is 4.79 Å². The molecule has 0 unspecified atom stereocenters. The summed E-state index contributed by atoms with van der Waals surface area (Å²) in [6, 6.07) is 4.79. The average molecular weight is 270 g/mol. The Morgan fingerprint density at radius 1 is 1.28 bits per heavy atom. The maximum atomic E-state index is 11.5. The first kappa shape index (κ1) is 14.3. The molecule has 0 fully saturated rings. The number of hydrogen-bond acceptors (Lipinski definition) is 2. The molecule has 3 N–H and O–H groups in total.